The molecule has 2 nitrogen and oxygen atoms in total. The van der Waals surface area contributed by atoms with Crippen molar-refractivity contribution in [2.24, 2.45) is 0 Å². The van der Waals surface area contributed by atoms with E-state index in [4.69, 9.17) is 1.37 Å². The molecule has 0 radical (unpaired) electrons. The van der Waals surface area contributed by atoms with Crippen molar-refractivity contribution in [3.05, 3.63) is 66.8 Å². The summed E-state index contributed by atoms with van der Waals surface area (Å²) in [6.45, 7) is 11.1. The van der Waals surface area contributed by atoms with Crippen molar-refractivity contribution in [1.82, 2.24) is 4.98 Å². The molecule has 0 aliphatic heterocycles. The summed E-state index contributed by atoms with van der Waals surface area (Å²) in [5.74, 6) is 0. The molecule has 1 aromatic heterocycles. The van der Waals surface area contributed by atoms with E-state index in [9.17, 15) is 0 Å². The van der Waals surface area contributed by atoms with Gasteiger partial charge in [0.15, 0.2) is 0 Å². The van der Waals surface area contributed by atoms with Gasteiger partial charge in [0.2, 0.25) is 0 Å². The maximum Gasteiger partial charge on any atom is 0.0703 e. The second kappa shape index (κ2) is 8.11. The first kappa shape index (κ1) is 16.7. The molecule has 3 aromatic rings. The zero-order valence-corrected chi connectivity index (χ0v) is 16.4. The van der Waals surface area contributed by atoms with Gasteiger partial charge in [-0.05, 0) is 36.4 Å². The zero-order valence-electron chi connectivity index (χ0n) is 16.4. The van der Waals surface area contributed by atoms with E-state index in [1.54, 1.807) is 6.20 Å². The molecule has 0 fully saturated rings. The summed E-state index contributed by atoms with van der Waals surface area (Å²) in [4.78, 5) is 6.72. The molecule has 0 amide bonds. The van der Waals surface area contributed by atoms with E-state index in [1.165, 1.54) is 11.4 Å². The number of nitrogens with zero attached hydrogens (tertiary/aromatic N) is 2. The zero-order chi connectivity index (χ0) is 18.4. The van der Waals surface area contributed by atoms with E-state index in [0.717, 1.165) is 17.1 Å². The molecule has 0 aliphatic rings. The minimum Gasteiger partial charge on any atom is -0.345 e. The van der Waals surface area contributed by atoms with Gasteiger partial charge < -0.3 is 4.90 Å². The van der Waals surface area contributed by atoms with Gasteiger partial charge in [-0.1, -0.05) is 57.8 Å². The van der Waals surface area contributed by atoms with Crippen LogP contribution in [-0.2, 0) is 0 Å². The molecule has 2 aromatic carbocycles. The number of hydrogen-bond donors (Lipinski definition) is 0. The number of aromatic nitrogens is 1. The quantitative estimate of drug-likeness (QED) is 0.521. The minimum absolute atomic E-state index is 0.450. The topological polar surface area (TPSA) is 16.1 Å². The lowest BCUT2D eigenvalue weighted by Gasteiger charge is -2.31. The molecule has 0 N–H and O–H groups in total. The third kappa shape index (κ3) is 4.68. The number of fused-ring (bicyclic) bond motifs is 1. The van der Waals surface area contributed by atoms with Crippen molar-refractivity contribution in [2.45, 2.75) is 33.5 Å². The van der Waals surface area contributed by atoms with Gasteiger partial charge in [-0.3, -0.25) is 4.98 Å². The minimum atomic E-state index is -1.29. The first-order valence-corrected chi connectivity index (χ1v) is 12.3. The van der Waals surface area contributed by atoms with Gasteiger partial charge in [-0.15, -0.1) is 0 Å². The number of para-hydroxylation sites is 1. The predicted molar refractivity (Wildman–Crippen MR) is 110 cm³/mol. The maximum absolute atomic E-state index is 7.79. The Morgan fingerprint density at radius 1 is 0.958 bits per heavy atom. The average Bonchev–Trinajstić information content (AvgIpc) is 2.61. The highest BCUT2D eigenvalue weighted by Gasteiger charge is 2.20. The first-order valence-electron chi connectivity index (χ1n) is 9.11. The van der Waals surface area contributed by atoms with Crippen LogP contribution in [-0.4, -0.2) is 19.2 Å². The number of rotatable bonds is 4. The lowest BCUT2D eigenvalue weighted by atomic mass is 10.2. The fourth-order valence-corrected chi connectivity index (χ4v) is 3.90. The van der Waals surface area contributed by atoms with Crippen molar-refractivity contribution >= 4 is 30.4 Å². The van der Waals surface area contributed by atoms with Crippen molar-refractivity contribution in [1.29, 1.82) is 0 Å². The van der Waals surface area contributed by atoms with Crippen molar-refractivity contribution in [3.63, 3.8) is 0 Å². The highest BCUT2D eigenvalue weighted by Crippen LogP contribution is 2.29. The lowest BCUT2D eigenvalue weighted by Crippen LogP contribution is -2.37. The normalized spacial score (nSPS) is 11.5. The summed E-state index contributed by atoms with van der Waals surface area (Å²) >= 11 is 0. The van der Waals surface area contributed by atoms with Gasteiger partial charge in [0, 0.05) is 29.1 Å². The van der Waals surface area contributed by atoms with Crippen LogP contribution in [0, 0.1) is 0 Å². The molecule has 1 heterocycles. The Bertz CT molecular complexity index is 813. The Balaban J connectivity index is 0.00000109. The van der Waals surface area contributed by atoms with Gasteiger partial charge in [0.1, 0.15) is 0 Å². The molecule has 0 saturated carbocycles. The summed E-state index contributed by atoms with van der Waals surface area (Å²) in [6, 6.07) is 19.2. The molecule has 0 bridgehead atoms. The van der Waals surface area contributed by atoms with Crippen molar-refractivity contribution in [2.75, 3.05) is 11.1 Å². The van der Waals surface area contributed by atoms with Crippen LogP contribution in [0.1, 0.15) is 15.2 Å². The SMILES string of the molecule is CC.[2H]c1cnc2ccc(N(C[Si](C)(C)C)c3ccccc3)cc2c1. The fourth-order valence-electron chi connectivity index (χ4n) is 2.59. The largest absolute Gasteiger partial charge is 0.345 e. The second-order valence-electron chi connectivity index (χ2n) is 6.79. The van der Waals surface area contributed by atoms with Crippen LogP contribution in [0.25, 0.3) is 10.9 Å². The molecule has 0 unspecified atom stereocenters. The molecule has 3 rings (SSSR count). The second-order valence-corrected chi connectivity index (χ2v) is 12.2. The van der Waals surface area contributed by atoms with E-state index < -0.39 is 8.07 Å². The Morgan fingerprint density at radius 3 is 2.33 bits per heavy atom. The van der Waals surface area contributed by atoms with E-state index in [0.29, 0.717) is 6.04 Å². The Labute approximate surface area is 148 Å². The summed E-state index contributed by atoms with van der Waals surface area (Å²) in [7, 11) is -1.29. The van der Waals surface area contributed by atoms with Crippen LogP contribution in [0.2, 0.25) is 19.6 Å². The third-order valence-electron chi connectivity index (χ3n) is 3.54. The predicted octanol–water partition coefficient (Wildman–Crippen LogP) is 6.28. The molecule has 0 saturated heterocycles. The van der Waals surface area contributed by atoms with Crippen LogP contribution in [0.3, 0.4) is 0 Å². The lowest BCUT2D eigenvalue weighted by molar-refractivity contribution is 1.13. The van der Waals surface area contributed by atoms with Crippen LogP contribution >= 0.6 is 0 Å². The van der Waals surface area contributed by atoms with E-state index >= 15 is 0 Å². The van der Waals surface area contributed by atoms with Gasteiger partial charge in [0.05, 0.1) is 15.0 Å². The molecule has 0 aliphatic carbocycles. The van der Waals surface area contributed by atoms with Gasteiger partial charge >= 0.3 is 0 Å². The highest BCUT2D eigenvalue weighted by atomic mass is 28.3. The van der Waals surface area contributed by atoms with Gasteiger partial charge in [-0.25, -0.2) is 0 Å². The summed E-state index contributed by atoms with van der Waals surface area (Å²) in [5.41, 5.74) is 3.31. The number of hydrogen-bond acceptors (Lipinski definition) is 2. The average molecular weight is 338 g/mol. The Morgan fingerprint density at radius 2 is 1.67 bits per heavy atom. The molecular formula is C21H28N2Si. The van der Waals surface area contributed by atoms with Crippen molar-refractivity contribution in [3.8, 4) is 0 Å². The van der Waals surface area contributed by atoms with Gasteiger partial charge in [-0.2, -0.15) is 0 Å². The third-order valence-corrected chi connectivity index (χ3v) is 4.81. The van der Waals surface area contributed by atoms with Gasteiger partial charge in [0.25, 0.3) is 0 Å². The monoisotopic (exact) mass is 337 g/mol. The van der Waals surface area contributed by atoms with Crippen LogP contribution in [0.15, 0.2) is 66.8 Å². The molecule has 0 atom stereocenters. The molecule has 3 heteroatoms. The van der Waals surface area contributed by atoms with Crippen LogP contribution < -0.4 is 4.90 Å². The van der Waals surface area contributed by atoms with Crippen LogP contribution in [0.4, 0.5) is 11.4 Å². The molecular weight excluding hydrogens is 308 g/mol. The maximum atomic E-state index is 7.79. The smallest absolute Gasteiger partial charge is 0.0703 e. The Hall–Kier alpha value is -2.13. The number of pyridine rings is 1. The first-order chi connectivity index (χ1) is 11.9. The molecule has 126 valence electrons. The van der Waals surface area contributed by atoms with E-state index in [-0.39, 0.29) is 0 Å². The summed E-state index contributed by atoms with van der Waals surface area (Å²) in [5, 5.41) is 1.02. The number of anilines is 2. The summed E-state index contributed by atoms with van der Waals surface area (Å²) < 4.78 is 7.79. The summed E-state index contributed by atoms with van der Waals surface area (Å²) in [6.07, 6.45) is 2.65. The fraction of sp³-hybridized carbons (Fsp3) is 0.286. The highest BCUT2D eigenvalue weighted by molar-refractivity contribution is 6.76. The van der Waals surface area contributed by atoms with E-state index in [1.807, 2.05) is 32.0 Å². The van der Waals surface area contributed by atoms with Crippen LogP contribution in [0.5, 0.6) is 0 Å². The Kier molecular flexibility index (Phi) is 5.65. The molecule has 24 heavy (non-hydrogen) atoms. The number of benzene rings is 2. The standard InChI is InChI=1S/C19H22N2Si.C2H6/c1-22(2,3)15-21(17-9-5-4-6-10-17)18-11-12-19-16(14-18)8-7-13-20-19;1-2/h4-14H,15H2,1-3H3;1-2H3/i7D;. The van der Waals surface area contributed by atoms with Crippen molar-refractivity contribution < 1.29 is 1.37 Å². The molecule has 0 spiro atoms. The van der Waals surface area contributed by atoms with E-state index in [2.05, 4.69) is 65.9 Å².